The van der Waals surface area contributed by atoms with Crippen molar-refractivity contribution in [2.24, 2.45) is 5.92 Å². The van der Waals surface area contributed by atoms with Crippen molar-refractivity contribution < 1.29 is 14.7 Å². The van der Waals surface area contributed by atoms with Crippen LogP contribution in [0.4, 0.5) is 0 Å². The summed E-state index contributed by atoms with van der Waals surface area (Å²) in [6, 6.07) is 2.00. The number of unbranched alkanes of at least 4 members (excludes halogenated alkanes) is 9. The molecule has 0 spiro atoms. The van der Waals surface area contributed by atoms with Gasteiger partial charge in [0.2, 0.25) is 5.12 Å². The smallest absolute Gasteiger partial charge is 0.317 e. The summed E-state index contributed by atoms with van der Waals surface area (Å²) in [5, 5.41) is 16.7. The van der Waals surface area contributed by atoms with Gasteiger partial charge < -0.3 is 5.11 Å². The van der Waals surface area contributed by atoms with E-state index in [1.165, 1.54) is 63.1 Å². The molecule has 0 fully saturated rings. The molecule has 0 saturated heterocycles. The summed E-state index contributed by atoms with van der Waals surface area (Å²) in [6.45, 7) is 3.88. The molecule has 0 aliphatic heterocycles. The van der Waals surface area contributed by atoms with Gasteiger partial charge in [-0.2, -0.15) is 5.26 Å². The average molecular weight is 432 g/mol. The number of aliphatic carboxylic acids is 1. The Balaban J connectivity index is 3.81. The Kier molecular flexibility index (Phi) is 17.1. The van der Waals surface area contributed by atoms with Crippen molar-refractivity contribution in [2.75, 3.05) is 5.75 Å². The lowest BCUT2D eigenvalue weighted by atomic mass is 10.1. The molecule has 1 N–H and O–H groups in total. The Labute approximate surface area is 178 Å². The highest BCUT2D eigenvalue weighted by molar-refractivity contribution is 8.32. The standard InChI is InChI=1S/C20H33NO3S3/c1-3-4-5-6-7-8-9-10-11-12-13-26-20(25)19(24)27-17(18(22)23)14-16(2)15-21/h16-17H,3-14H2,1-2H3,(H,22,23). The van der Waals surface area contributed by atoms with Crippen LogP contribution in [-0.2, 0) is 9.59 Å². The molecule has 0 radical (unpaired) electrons. The maximum atomic E-state index is 12.1. The number of hydrogen-bond acceptors (Lipinski definition) is 6. The van der Waals surface area contributed by atoms with E-state index in [0.29, 0.717) is 0 Å². The number of carbonyl (C=O) groups excluding carboxylic acids is 1. The van der Waals surface area contributed by atoms with Crippen LogP contribution >= 0.6 is 35.7 Å². The molecule has 154 valence electrons. The Morgan fingerprint density at radius 3 is 2.04 bits per heavy atom. The van der Waals surface area contributed by atoms with Crippen LogP contribution in [0, 0.1) is 17.2 Å². The number of carboxylic acids is 1. The predicted molar refractivity (Wildman–Crippen MR) is 120 cm³/mol. The van der Waals surface area contributed by atoms with Gasteiger partial charge in [-0.25, -0.2) is 0 Å². The summed E-state index contributed by atoms with van der Waals surface area (Å²) in [5.41, 5.74) is 0. The SMILES string of the molecule is CCCCCCCCCCCCSC(=S)C(=O)SC(CC(C)C#N)C(=O)O. The number of nitriles is 1. The van der Waals surface area contributed by atoms with Crippen molar-refractivity contribution in [3.8, 4) is 6.07 Å². The summed E-state index contributed by atoms with van der Waals surface area (Å²) >= 11 is 7.21. The Morgan fingerprint density at radius 2 is 1.56 bits per heavy atom. The van der Waals surface area contributed by atoms with Crippen LogP contribution in [0.1, 0.15) is 84.5 Å². The zero-order chi connectivity index (χ0) is 20.5. The highest BCUT2D eigenvalue weighted by Gasteiger charge is 2.26. The summed E-state index contributed by atoms with van der Waals surface area (Å²) in [6.07, 6.45) is 12.8. The number of rotatable bonds is 15. The third-order valence-corrected chi connectivity index (χ3v) is 7.05. The fourth-order valence-corrected chi connectivity index (χ4v) is 4.77. The second kappa shape index (κ2) is 17.5. The molecule has 0 aromatic carbocycles. The molecular formula is C20H33NO3S3. The first-order valence-corrected chi connectivity index (χ1v) is 12.2. The lowest BCUT2D eigenvalue weighted by Crippen LogP contribution is -2.22. The van der Waals surface area contributed by atoms with Crippen LogP contribution in [0.2, 0.25) is 0 Å². The van der Waals surface area contributed by atoms with E-state index in [2.05, 4.69) is 6.92 Å². The molecule has 4 nitrogen and oxygen atoms in total. The van der Waals surface area contributed by atoms with E-state index in [4.69, 9.17) is 17.5 Å². The number of thioether (sulfide) groups is 2. The highest BCUT2D eigenvalue weighted by atomic mass is 32.2. The molecule has 0 aliphatic carbocycles. The number of hydrogen-bond donors (Lipinski definition) is 1. The second-order valence-corrected chi connectivity index (χ2v) is 9.76. The van der Waals surface area contributed by atoms with Crippen molar-refractivity contribution in [3.63, 3.8) is 0 Å². The molecule has 27 heavy (non-hydrogen) atoms. The molecule has 2 unspecified atom stereocenters. The molecule has 0 heterocycles. The molecule has 0 amide bonds. The van der Waals surface area contributed by atoms with Crippen LogP contribution in [0.3, 0.4) is 0 Å². The highest BCUT2D eigenvalue weighted by Crippen LogP contribution is 2.24. The lowest BCUT2D eigenvalue weighted by molar-refractivity contribution is -0.136. The van der Waals surface area contributed by atoms with E-state index in [1.807, 2.05) is 6.07 Å². The van der Waals surface area contributed by atoms with Crippen molar-refractivity contribution in [1.82, 2.24) is 0 Å². The summed E-state index contributed by atoms with van der Waals surface area (Å²) in [5.74, 6) is -0.675. The zero-order valence-electron chi connectivity index (χ0n) is 16.6. The van der Waals surface area contributed by atoms with Crippen molar-refractivity contribution in [3.05, 3.63) is 0 Å². The van der Waals surface area contributed by atoms with Gasteiger partial charge in [0.1, 0.15) is 9.45 Å². The van der Waals surface area contributed by atoms with Crippen LogP contribution < -0.4 is 0 Å². The minimum atomic E-state index is -1.07. The topological polar surface area (TPSA) is 78.2 Å². The zero-order valence-corrected chi connectivity index (χ0v) is 19.0. The van der Waals surface area contributed by atoms with Crippen molar-refractivity contribution in [2.45, 2.75) is 89.7 Å². The van der Waals surface area contributed by atoms with E-state index in [9.17, 15) is 14.7 Å². The molecular weight excluding hydrogens is 398 g/mol. The first-order chi connectivity index (χ1) is 12.9. The van der Waals surface area contributed by atoms with E-state index in [1.54, 1.807) is 6.92 Å². The maximum absolute atomic E-state index is 12.1. The number of nitrogens with zero attached hydrogens (tertiary/aromatic N) is 1. The van der Waals surface area contributed by atoms with Crippen molar-refractivity contribution in [1.29, 1.82) is 5.26 Å². The van der Waals surface area contributed by atoms with Gasteiger partial charge in [0.25, 0.3) is 0 Å². The molecule has 0 aromatic heterocycles. The molecule has 0 aromatic rings. The number of thiocarbonyl (C=S) groups is 1. The quantitative estimate of drug-likeness (QED) is 0.243. The van der Waals surface area contributed by atoms with Gasteiger partial charge in [0.15, 0.2) is 0 Å². The van der Waals surface area contributed by atoms with Gasteiger partial charge >= 0.3 is 5.97 Å². The Bertz CT molecular complexity index is 491. The normalized spacial score (nSPS) is 12.9. The van der Waals surface area contributed by atoms with E-state index in [-0.39, 0.29) is 15.7 Å². The molecule has 0 aliphatic rings. The number of carboxylic acid groups (broad SMARTS) is 1. The van der Waals surface area contributed by atoms with Crippen LogP contribution in [0.15, 0.2) is 0 Å². The monoisotopic (exact) mass is 431 g/mol. The van der Waals surface area contributed by atoms with Gasteiger partial charge in [-0.05, 0) is 25.5 Å². The largest absolute Gasteiger partial charge is 0.480 e. The minimum Gasteiger partial charge on any atom is -0.480 e. The van der Waals surface area contributed by atoms with Crippen LogP contribution in [-0.4, -0.2) is 31.4 Å². The Morgan fingerprint density at radius 1 is 1.04 bits per heavy atom. The molecule has 2 atom stereocenters. The molecule has 7 heteroatoms. The van der Waals surface area contributed by atoms with Gasteiger partial charge in [-0.3, -0.25) is 9.59 Å². The van der Waals surface area contributed by atoms with Crippen LogP contribution in [0.25, 0.3) is 0 Å². The first-order valence-electron chi connectivity index (χ1n) is 9.92. The van der Waals surface area contributed by atoms with Gasteiger partial charge in [0.05, 0.1) is 6.07 Å². The fourth-order valence-electron chi connectivity index (χ4n) is 2.56. The Hall–Kier alpha value is -0.580. The van der Waals surface area contributed by atoms with Gasteiger partial charge in [0, 0.05) is 5.92 Å². The minimum absolute atomic E-state index is 0.147. The lowest BCUT2D eigenvalue weighted by Gasteiger charge is -2.12. The van der Waals surface area contributed by atoms with Gasteiger partial charge in [-0.1, -0.05) is 88.7 Å². The molecule has 0 bridgehead atoms. The first kappa shape index (κ1) is 26.4. The van der Waals surface area contributed by atoms with Crippen molar-refractivity contribution >= 4 is 51.0 Å². The summed E-state index contributed by atoms with van der Waals surface area (Å²) in [7, 11) is 0. The van der Waals surface area contributed by atoms with E-state index >= 15 is 0 Å². The maximum Gasteiger partial charge on any atom is 0.317 e. The molecule has 0 saturated carbocycles. The van der Waals surface area contributed by atoms with E-state index < -0.39 is 17.1 Å². The fraction of sp³-hybridized carbons (Fsp3) is 0.800. The van der Waals surface area contributed by atoms with Gasteiger partial charge in [-0.15, -0.1) is 11.8 Å². The van der Waals surface area contributed by atoms with E-state index in [0.717, 1.165) is 30.4 Å². The summed E-state index contributed by atoms with van der Waals surface area (Å²) in [4.78, 5) is 23.3. The third kappa shape index (κ3) is 15.1. The predicted octanol–water partition coefficient (Wildman–Crippen LogP) is 6.23. The second-order valence-electron chi connectivity index (χ2n) is 6.82. The van der Waals surface area contributed by atoms with Crippen LogP contribution in [0.5, 0.6) is 0 Å². The summed E-state index contributed by atoms with van der Waals surface area (Å²) < 4.78 is 0.242. The third-order valence-electron chi connectivity index (χ3n) is 4.21. The average Bonchev–Trinajstić information content (AvgIpc) is 2.64. The molecule has 0 rings (SSSR count). The number of carbonyl (C=O) groups is 2.